The van der Waals surface area contributed by atoms with Crippen LogP contribution in [0.2, 0.25) is 0 Å². The van der Waals surface area contributed by atoms with Crippen molar-refractivity contribution in [3.05, 3.63) is 93.0 Å². The highest BCUT2D eigenvalue weighted by Crippen LogP contribution is 2.49. The van der Waals surface area contributed by atoms with Crippen LogP contribution in [-0.2, 0) is 10.0 Å². The van der Waals surface area contributed by atoms with Gasteiger partial charge in [-0.2, -0.15) is 0 Å². The zero-order chi connectivity index (χ0) is 26.2. The molecular formula is C25H24N2O8S. The number of nitrogens with zero attached hydrogens (tertiary/aromatic N) is 2. The van der Waals surface area contributed by atoms with Crippen LogP contribution in [0.5, 0.6) is 17.2 Å². The summed E-state index contributed by atoms with van der Waals surface area (Å²) in [6, 6.07) is 11.6. The van der Waals surface area contributed by atoms with Gasteiger partial charge in [-0.15, -0.1) is 0 Å². The molecule has 1 heterocycles. The summed E-state index contributed by atoms with van der Waals surface area (Å²) in [6.45, 7) is 1.79. The maximum Gasteiger partial charge on any atom is 0.269 e. The Hall–Kier alpha value is -4.12. The van der Waals surface area contributed by atoms with E-state index in [2.05, 4.69) is 0 Å². The van der Waals surface area contributed by atoms with Crippen LogP contribution in [0.3, 0.4) is 0 Å². The highest BCUT2D eigenvalue weighted by atomic mass is 32.2. The predicted octanol–water partition coefficient (Wildman–Crippen LogP) is 3.92. The second kappa shape index (κ2) is 9.50. The number of hydrogen-bond acceptors (Lipinski definition) is 8. The van der Waals surface area contributed by atoms with Gasteiger partial charge < -0.3 is 14.2 Å². The van der Waals surface area contributed by atoms with Crippen LogP contribution in [0.25, 0.3) is 0 Å². The van der Waals surface area contributed by atoms with Gasteiger partial charge in [0, 0.05) is 10.5 Å². The molecule has 3 aromatic carbocycles. The standard InChI is InChI=1S/C25H24N2O8S/c1-15-9-11-17(12-10-15)36(31,32)26-22(16-13-20(33-2)24(35-4)21(14-16)34-3)23(27(29)30)18-7-5-6-8-19(18)25(26)28/h5-14,22-23H,1-4H3/t22-,23+/m1/s1. The summed E-state index contributed by atoms with van der Waals surface area (Å²) < 4.78 is 44.5. The number of carbonyl (C=O) groups excluding carboxylic acids is 1. The molecular weight excluding hydrogens is 488 g/mol. The molecule has 10 nitrogen and oxygen atoms in total. The van der Waals surface area contributed by atoms with Crippen LogP contribution in [0.1, 0.15) is 39.1 Å². The fourth-order valence-corrected chi connectivity index (χ4v) is 5.95. The van der Waals surface area contributed by atoms with E-state index < -0.39 is 32.9 Å². The Bertz CT molecular complexity index is 1410. The zero-order valence-corrected chi connectivity index (χ0v) is 20.8. The molecule has 3 aromatic rings. The number of benzene rings is 3. The molecule has 1 aliphatic heterocycles. The van der Waals surface area contributed by atoms with E-state index in [1.807, 2.05) is 0 Å². The number of hydrogen-bond donors (Lipinski definition) is 0. The monoisotopic (exact) mass is 512 g/mol. The van der Waals surface area contributed by atoms with Crippen LogP contribution in [-0.4, -0.2) is 44.9 Å². The summed E-state index contributed by atoms with van der Waals surface area (Å²) in [4.78, 5) is 25.5. The molecule has 0 bridgehead atoms. The summed E-state index contributed by atoms with van der Waals surface area (Å²) in [5, 5.41) is 12.5. The minimum atomic E-state index is -4.52. The summed E-state index contributed by atoms with van der Waals surface area (Å²) in [7, 11) is -0.387. The van der Waals surface area contributed by atoms with E-state index >= 15 is 0 Å². The van der Waals surface area contributed by atoms with E-state index in [-0.39, 0.29) is 38.8 Å². The third-order valence-electron chi connectivity index (χ3n) is 6.10. The average molecular weight is 513 g/mol. The van der Waals surface area contributed by atoms with Crippen molar-refractivity contribution in [3.8, 4) is 17.2 Å². The molecule has 188 valence electrons. The van der Waals surface area contributed by atoms with Crippen molar-refractivity contribution in [2.75, 3.05) is 21.3 Å². The number of rotatable bonds is 7. The van der Waals surface area contributed by atoms with E-state index in [9.17, 15) is 23.3 Å². The minimum Gasteiger partial charge on any atom is -0.493 e. The SMILES string of the molecule is COc1cc([C@@H]2[C@@H]([N+](=O)[O-])c3ccccc3C(=O)N2S(=O)(=O)c2ccc(C)cc2)cc(OC)c1OC. The highest BCUT2D eigenvalue weighted by Gasteiger charge is 2.52. The Morgan fingerprint density at radius 1 is 0.917 bits per heavy atom. The summed E-state index contributed by atoms with van der Waals surface area (Å²) in [6.07, 6.45) is 0. The van der Waals surface area contributed by atoms with Crippen LogP contribution in [0, 0.1) is 17.0 Å². The van der Waals surface area contributed by atoms with Crippen LogP contribution in [0.4, 0.5) is 0 Å². The molecule has 0 aliphatic carbocycles. The van der Waals surface area contributed by atoms with E-state index in [0.717, 1.165) is 5.56 Å². The van der Waals surface area contributed by atoms with Crippen LogP contribution >= 0.6 is 0 Å². The summed E-state index contributed by atoms with van der Waals surface area (Å²) in [5.41, 5.74) is 0.999. The first-order chi connectivity index (χ1) is 17.1. The lowest BCUT2D eigenvalue weighted by molar-refractivity contribution is -0.537. The second-order valence-electron chi connectivity index (χ2n) is 8.14. The molecule has 1 aliphatic rings. The van der Waals surface area contributed by atoms with E-state index in [1.54, 1.807) is 25.1 Å². The third-order valence-corrected chi connectivity index (χ3v) is 7.87. The van der Waals surface area contributed by atoms with Gasteiger partial charge in [-0.1, -0.05) is 35.9 Å². The number of sulfonamides is 1. The summed E-state index contributed by atoms with van der Waals surface area (Å²) >= 11 is 0. The number of nitro groups is 1. The molecule has 0 fully saturated rings. The van der Waals surface area contributed by atoms with Gasteiger partial charge in [-0.05, 0) is 42.8 Å². The fraction of sp³-hybridized carbons (Fsp3) is 0.240. The van der Waals surface area contributed by atoms with Crippen molar-refractivity contribution in [2.45, 2.75) is 23.9 Å². The largest absolute Gasteiger partial charge is 0.493 e. The number of methoxy groups -OCH3 is 3. The Balaban J connectivity index is 2.06. The van der Waals surface area contributed by atoms with Crippen molar-refractivity contribution >= 4 is 15.9 Å². The molecule has 0 N–H and O–H groups in total. The smallest absolute Gasteiger partial charge is 0.269 e. The Morgan fingerprint density at radius 3 is 2.03 bits per heavy atom. The molecule has 11 heteroatoms. The van der Waals surface area contributed by atoms with Gasteiger partial charge in [0.05, 0.1) is 31.8 Å². The number of ether oxygens (including phenoxy) is 3. The van der Waals surface area contributed by atoms with Crippen molar-refractivity contribution in [3.63, 3.8) is 0 Å². The van der Waals surface area contributed by atoms with Crippen molar-refractivity contribution < 1.29 is 32.3 Å². The zero-order valence-electron chi connectivity index (χ0n) is 20.0. The van der Waals surface area contributed by atoms with E-state index in [4.69, 9.17) is 14.2 Å². The molecule has 0 radical (unpaired) electrons. The van der Waals surface area contributed by atoms with Gasteiger partial charge >= 0.3 is 0 Å². The molecule has 0 aromatic heterocycles. The predicted molar refractivity (Wildman–Crippen MR) is 130 cm³/mol. The lowest BCUT2D eigenvalue weighted by Crippen LogP contribution is -2.47. The Kier molecular flexibility index (Phi) is 6.59. The topological polar surface area (TPSA) is 125 Å². The molecule has 4 rings (SSSR count). The van der Waals surface area contributed by atoms with Crippen molar-refractivity contribution in [1.29, 1.82) is 0 Å². The Labute approximate surface area is 208 Å². The fourth-order valence-electron chi connectivity index (χ4n) is 4.39. The van der Waals surface area contributed by atoms with Gasteiger partial charge in [0.2, 0.25) is 5.75 Å². The average Bonchev–Trinajstić information content (AvgIpc) is 2.87. The quantitative estimate of drug-likeness (QED) is 0.344. The number of fused-ring (bicyclic) bond motifs is 1. The molecule has 0 unspecified atom stereocenters. The normalized spacial score (nSPS) is 17.3. The first-order valence-corrected chi connectivity index (χ1v) is 12.3. The molecule has 0 saturated heterocycles. The molecule has 0 saturated carbocycles. The van der Waals surface area contributed by atoms with Gasteiger partial charge in [-0.3, -0.25) is 14.9 Å². The molecule has 2 atom stereocenters. The molecule has 0 spiro atoms. The van der Waals surface area contributed by atoms with E-state index in [1.165, 1.54) is 63.8 Å². The van der Waals surface area contributed by atoms with Gasteiger partial charge in [-0.25, -0.2) is 12.7 Å². The lowest BCUT2D eigenvalue weighted by atomic mass is 9.86. The maximum absolute atomic E-state index is 13.9. The number of aryl methyl sites for hydroxylation is 1. The van der Waals surface area contributed by atoms with Crippen molar-refractivity contribution in [1.82, 2.24) is 4.31 Å². The minimum absolute atomic E-state index is 0.0569. The molecule has 36 heavy (non-hydrogen) atoms. The lowest BCUT2D eigenvalue weighted by Gasteiger charge is -2.37. The van der Waals surface area contributed by atoms with Crippen molar-refractivity contribution in [2.24, 2.45) is 0 Å². The van der Waals surface area contributed by atoms with Gasteiger partial charge in [0.25, 0.3) is 22.0 Å². The third kappa shape index (κ3) is 4.01. The van der Waals surface area contributed by atoms with Crippen LogP contribution < -0.4 is 14.2 Å². The first-order valence-electron chi connectivity index (χ1n) is 10.8. The first kappa shape index (κ1) is 25.0. The maximum atomic E-state index is 13.9. The highest BCUT2D eigenvalue weighted by molar-refractivity contribution is 7.89. The Morgan fingerprint density at radius 2 is 1.50 bits per heavy atom. The van der Waals surface area contributed by atoms with Gasteiger partial charge in [0.15, 0.2) is 11.5 Å². The van der Waals surface area contributed by atoms with E-state index in [0.29, 0.717) is 4.31 Å². The second-order valence-corrected chi connectivity index (χ2v) is 9.95. The van der Waals surface area contributed by atoms with Gasteiger partial charge in [0.1, 0.15) is 6.04 Å². The number of carbonyl (C=O) groups is 1. The number of amides is 1. The molecule has 1 amide bonds. The van der Waals surface area contributed by atoms with Crippen LogP contribution in [0.15, 0.2) is 65.6 Å². The summed E-state index contributed by atoms with van der Waals surface area (Å²) in [5.74, 6) is -0.333.